The van der Waals surface area contributed by atoms with E-state index in [2.05, 4.69) is 20.7 Å². The van der Waals surface area contributed by atoms with Crippen molar-refractivity contribution in [2.24, 2.45) is 7.05 Å². The lowest BCUT2D eigenvalue weighted by Crippen LogP contribution is -2.16. The second-order valence-corrected chi connectivity index (χ2v) is 9.05. The number of nitrogens with zero attached hydrogens (tertiary/aromatic N) is 5. The Morgan fingerprint density at radius 3 is 2.43 bits per heavy atom. The summed E-state index contributed by atoms with van der Waals surface area (Å²) < 4.78 is 15.1. The van der Waals surface area contributed by atoms with E-state index in [4.69, 9.17) is 9.26 Å². The molecule has 0 aliphatic rings. The van der Waals surface area contributed by atoms with Crippen molar-refractivity contribution in [2.75, 3.05) is 5.32 Å². The molecule has 9 heteroatoms. The molecular formula is C26H32N6O3. The van der Waals surface area contributed by atoms with Crippen molar-refractivity contribution in [3.05, 3.63) is 74.7 Å². The van der Waals surface area contributed by atoms with Crippen LogP contribution in [-0.4, -0.2) is 30.6 Å². The van der Waals surface area contributed by atoms with E-state index in [0.717, 1.165) is 45.2 Å². The van der Waals surface area contributed by atoms with Crippen molar-refractivity contribution in [3.63, 3.8) is 0 Å². The summed E-state index contributed by atoms with van der Waals surface area (Å²) in [5.74, 6) is 0.957. The molecule has 0 radical (unpaired) electrons. The topological polar surface area (TPSA) is 100 Å². The molecule has 0 saturated carbocycles. The molecule has 1 amide bonds. The molecular weight excluding hydrogens is 444 g/mol. The highest BCUT2D eigenvalue weighted by Gasteiger charge is 2.24. The molecule has 9 nitrogen and oxygen atoms in total. The number of carbonyl (C=O) groups excluding carboxylic acids is 1. The Morgan fingerprint density at radius 1 is 1.00 bits per heavy atom. The van der Waals surface area contributed by atoms with Crippen molar-refractivity contribution in [2.45, 2.75) is 61.6 Å². The first-order valence-electron chi connectivity index (χ1n) is 11.6. The fraction of sp³-hybridized carbons (Fsp3) is 0.385. The van der Waals surface area contributed by atoms with Gasteiger partial charge in [0.25, 0.3) is 5.91 Å². The zero-order chi connectivity index (χ0) is 25.4. The standard InChI is InChI=1S/C26H32N6O3/c1-14-9-10-15(2)23(11-14)34-13-22-20(7)35-30-25(22)26(33)27-24-17(4)29-32(19(24)6)12-21-16(3)28-31(8)18(21)5/h9-11H,12-13H2,1-8H3,(H,27,33). The summed E-state index contributed by atoms with van der Waals surface area (Å²) in [5, 5.41) is 16.2. The van der Waals surface area contributed by atoms with Crippen molar-refractivity contribution >= 4 is 11.6 Å². The molecule has 1 aromatic carbocycles. The summed E-state index contributed by atoms with van der Waals surface area (Å²) in [5.41, 5.74) is 8.37. The normalized spacial score (nSPS) is 11.2. The molecule has 0 bridgehead atoms. The van der Waals surface area contributed by atoms with Gasteiger partial charge in [0.15, 0.2) is 5.69 Å². The van der Waals surface area contributed by atoms with E-state index >= 15 is 0 Å². The molecule has 1 N–H and O–H groups in total. The number of amides is 1. The number of nitrogens with one attached hydrogen (secondary N) is 1. The molecule has 0 atom stereocenters. The molecule has 0 spiro atoms. The Balaban J connectivity index is 1.54. The molecule has 4 aromatic rings. The highest BCUT2D eigenvalue weighted by atomic mass is 16.5. The molecule has 0 unspecified atom stereocenters. The van der Waals surface area contributed by atoms with Crippen LogP contribution in [-0.2, 0) is 20.2 Å². The monoisotopic (exact) mass is 476 g/mol. The largest absolute Gasteiger partial charge is 0.488 e. The van der Waals surface area contributed by atoms with Gasteiger partial charge in [0, 0.05) is 18.3 Å². The molecule has 0 saturated heterocycles. The number of ether oxygens (including phenoxy) is 1. The first kappa shape index (κ1) is 24.3. The number of benzene rings is 1. The maximum atomic E-state index is 13.2. The zero-order valence-corrected chi connectivity index (χ0v) is 21.6. The van der Waals surface area contributed by atoms with E-state index in [1.54, 1.807) is 6.92 Å². The molecule has 0 aliphatic carbocycles. The lowest BCUT2D eigenvalue weighted by Gasteiger charge is -2.10. The first-order valence-corrected chi connectivity index (χ1v) is 11.6. The minimum atomic E-state index is -0.360. The number of rotatable bonds is 7. The van der Waals surface area contributed by atoms with Crippen molar-refractivity contribution in [1.82, 2.24) is 24.7 Å². The van der Waals surface area contributed by atoms with Crippen LogP contribution in [0.1, 0.15) is 61.3 Å². The summed E-state index contributed by atoms with van der Waals surface area (Å²) in [7, 11) is 1.93. The van der Waals surface area contributed by atoms with Gasteiger partial charge in [0.1, 0.15) is 18.1 Å². The third-order valence-corrected chi connectivity index (χ3v) is 6.50. The van der Waals surface area contributed by atoms with Crippen LogP contribution in [0.25, 0.3) is 0 Å². The van der Waals surface area contributed by atoms with Gasteiger partial charge in [-0.05, 0) is 65.7 Å². The number of aromatic nitrogens is 5. The van der Waals surface area contributed by atoms with Crippen LogP contribution in [0, 0.1) is 48.5 Å². The third-order valence-electron chi connectivity index (χ3n) is 6.50. The van der Waals surface area contributed by atoms with E-state index < -0.39 is 0 Å². The number of anilines is 1. The second-order valence-electron chi connectivity index (χ2n) is 9.05. The fourth-order valence-corrected chi connectivity index (χ4v) is 4.15. The van der Waals surface area contributed by atoms with Crippen LogP contribution in [0.5, 0.6) is 5.75 Å². The average molecular weight is 477 g/mol. The summed E-state index contributed by atoms with van der Waals surface area (Å²) in [6.07, 6.45) is 0. The minimum absolute atomic E-state index is 0.180. The first-order chi connectivity index (χ1) is 16.6. The highest BCUT2D eigenvalue weighted by Crippen LogP contribution is 2.25. The Bertz CT molecular complexity index is 1410. The summed E-state index contributed by atoms with van der Waals surface area (Å²) in [4.78, 5) is 13.2. The van der Waals surface area contributed by atoms with E-state index in [9.17, 15) is 4.79 Å². The Labute approximate surface area is 205 Å². The number of hydrogen-bond acceptors (Lipinski definition) is 6. The quantitative estimate of drug-likeness (QED) is 0.417. The van der Waals surface area contributed by atoms with Gasteiger partial charge >= 0.3 is 0 Å². The minimum Gasteiger partial charge on any atom is -0.488 e. The van der Waals surface area contributed by atoms with Crippen LogP contribution >= 0.6 is 0 Å². The summed E-state index contributed by atoms with van der Waals surface area (Å²) >= 11 is 0. The van der Waals surface area contributed by atoms with Crippen LogP contribution in [0.3, 0.4) is 0 Å². The molecule has 4 rings (SSSR count). The van der Waals surface area contributed by atoms with Gasteiger partial charge in [-0.2, -0.15) is 10.2 Å². The van der Waals surface area contributed by atoms with Gasteiger partial charge in [0.2, 0.25) is 0 Å². The second kappa shape index (κ2) is 9.40. The van der Waals surface area contributed by atoms with Crippen molar-refractivity contribution in [3.8, 4) is 5.75 Å². The molecule has 3 heterocycles. The lowest BCUT2D eigenvalue weighted by molar-refractivity contribution is 0.101. The zero-order valence-electron chi connectivity index (χ0n) is 21.6. The van der Waals surface area contributed by atoms with Gasteiger partial charge in [-0.25, -0.2) is 0 Å². The van der Waals surface area contributed by atoms with Gasteiger partial charge in [-0.3, -0.25) is 14.2 Å². The van der Waals surface area contributed by atoms with E-state index in [1.165, 1.54) is 0 Å². The van der Waals surface area contributed by atoms with Crippen LogP contribution in [0.15, 0.2) is 22.7 Å². The van der Waals surface area contributed by atoms with E-state index in [1.807, 2.05) is 76.2 Å². The Kier molecular flexibility index (Phi) is 6.51. The van der Waals surface area contributed by atoms with Gasteiger partial charge < -0.3 is 14.6 Å². The number of aryl methyl sites for hydroxylation is 6. The van der Waals surface area contributed by atoms with Gasteiger partial charge in [-0.1, -0.05) is 17.3 Å². The number of hydrogen-bond donors (Lipinski definition) is 1. The molecule has 184 valence electrons. The van der Waals surface area contributed by atoms with Crippen LogP contribution in [0.4, 0.5) is 5.69 Å². The van der Waals surface area contributed by atoms with E-state index in [-0.39, 0.29) is 18.2 Å². The molecule has 0 fully saturated rings. The van der Waals surface area contributed by atoms with Crippen molar-refractivity contribution < 1.29 is 14.1 Å². The predicted molar refractivity (Wildman–Crippen MR) is 133 cm³/mol. The molecule has 35 heavy (non-hydrogen) atoms. The predicted octanol–water partition coefficient (Wildman–Crippen LogP) is 4.64. The van der Waals surface area contributed by atoms with E-state index in [0.29, 0.717) is 23.6 Å². The Morgan fingerprint density at radius 2 is 1.74 bits per heavy atom. The number of carbonyl (C=O) groups is 1. The average Bonchev–Trinajstić information content (AvgIpc) is 3.39. The van der Waals surface area contributed by atoms with Crippen LogP contribution in [0.2, 0.25) is 0 Å². The summed E-state index contributed by atoms with van der Waals surface area (Å²) in [6, 6.07) is 6.02. The Hall–Kier alpha value is -3.88. The maximum Gasteiger partial charge on any atom is 0.278 e. The van der Waals surface area contributed by atoms with Crippen molar-refractivity contribution in [1.29, 1.82) is 0 Å². The summed E-state index contributed by atoms with van der Waals surface area (Å²) in [6.45, 7) is 14.4. The lowest BCUT2D eigenvalue weighted by atomic mass is 10.1. The highest BCUT2D eigenvalue weighted by molar-refractivity contribution is 6.04. The van der Waals surface area contributed by atoms with Gasteiger partial charge in [-0.15, -0.1) is 0 Å². The smallest absolute Gasteiger partial charge is 0.278 e. The molecule has 0 aliphatic heterocycles. The molecule has 3 aromatic heterocycles. The third kappa shape index (κ3) is 4.71. The van der Waals surface area contributed by atoms with Gasteiger partial charge in [0.05, 0.1) is 34.9 Å². The maximum absolute atomic E-state index is 13.2. The van der Waals surface area contributed by atoms with Crippen LogP contribution < -0.4 is 10.1 Å². The SMILES string of the molecule is Cc1ccc(C)c(OCc2c(C(=O)Nc3c(C)nn(Cc4c(C)nn(C)c4C)c3C)noc2C)c1. The fourth-order valence-electron chi connectivity index (χ4n) is 4.15.